The van der Waals surface area contributed by atoms with Gasteiger partial charge in [0.25, 0.3) is 5.91 Å². The maximum absolute atomic E-state index is 13.1. The Bertz CT molecular complexity index is 1640. The molecule has 9 nitrogen and oxygen atoms in total. The van der Waals surface area contributed by atoms with Crippen LogP contribution in [0.25, 0.3) is 5.57 Å². The van der Waals surface area contributed by atoms with Gasteiger partial charge in [0.1, 0.15) is 5.82 Å². The van der Waals surface area contributed by atoms with Gasteiger partial charge in [0, 0.05) is 36.4 Å². The van der Waals surface area contributed by atoms with Gasteiger partial charge in [-0.3, -0.25) is 9.59 Å². The fraction of sp³-hybridized carbons (Fsp3) is 0.368. The molecule has 2 amide bonds. The third-order valence-electron chi connectivity index (χ3n) is 9.51. The lowest BCUT2D eigenvalue weighted by Crippen LogP contribution is -2.48. The molecule has 0 spiro atoms. The molecule has 3 fully saturated rings. The van der Waals surface area contributed by atoms with Gasteiger partial charge in [-0.2, -0.15) is 0 Å². The Balaban J connectivity index is 1.09. The first-order chi connectivity index (χ1) is 22.9. The van der Waals surface area contributed by atoms with Crippen LogP contribution in [0.4, 0.5) is 17.3 Å². The van der Waals surface area contributed by atoms with Crippen molar-refractivity contribution < 1.29 is 9.59 Å². The van der Waals surface area contributed by atoms with Gasteiger partial charge < -0.3 is 26.2 Å². The highest BCUT2D eigenvalue weighted by molar-refractivity contribution is 5.96. The molecule has 0 radical (unpaired) electrons. The molecule has 1 aliphatic carbocycles. The smallest absolute Gasteiger partial charge is 0.271 e. The predicted octanol–water partition coefficient (Wildman–Crippen LogP) is 5.96. The summed E-state index contributed by atoms with van der Waals surface area (Å²) in [6.45, 7) is 9.44. The summed E-state index contributed by atoms with van der Waals surface area (Å²) in [6, 6.07) is 19.2. The normalized spacial score (nSPS) is 19.7. The van der Waals surface area contributed by atoms with E-state index in [4.69, 9.17) is 10.7 Å². The van der Waals surface area contributed by atoms with Gasteiger partial charge >= 0.3 is 0 Å². The Labute approximate surface area is 277 Å². The zero-order valence-corrected chi connectivity index (χ0v) is 27.2. The first-order valence-electron chi connectivity index (χ1n) is 16.8. The predicted molar refractivity (Wildman–Crippen MR) is 189 cm³/mol. The average Bonchev–Trinajstić information content (AvgIpc) is 3.95. The van der Waals surface area contributed by atoms with Crippen LogP contribution in [0.5, 0.6) is 0 Å². The van der Waals surface area contributed by atoms with E-state index >= 15 is 0 Å². The Hall–Kier alpha value is -4.76. The third-order valence-corrected chi connectivity index (χ3v) is 9.51. The molecule has 2 aliphatic heterocycles. The van der Waals surface area contributed by atoms with E-state index in [1.165, 1.54) is 44.3 Å². The number of nitrogens with one attached hydrogen (secondary N) is 2. The second-order valence-corrected chi connectivity index (χ2v) is 12.9. The summed E-state index contributed by atoms with van der Waals surface area (Å²) in [7, 11) is 0. The average molecular weight is 632 g/mol. The first kappa shape index (κ1) is 32.2. The molecule has 1 atom stereocenters. The number of anilines is 3. The van der Waals surface area contributed by atoms with Gasteiger partial charge in [-0.25, -0.2) is 9.97 Å². The van der Waals surface area contributed by atoms with E-state index in [1.54, 1.807) is 12.3 Å². The van der Waals surface area contributed by atoms with Crippen molar-refractivity contribution in [3.05, 3.63) is 108 Å². The molecular weight excluding hydrogens is 586 g/mol. The second kappa shape index (κ2) is 14.8. The molecule has 6 rings (SSSR count). The van der Waals surface area contributed by atoms with Crippen LogP contribution >= 0.6 is 0 Å². The quantitative estimate of drug-likeness (QED) is 0.177. The molecule has 1 aromatic heterocycles. The molecular formula is C38H45N7O2. The van der Waals surface area contributed by atoms with Crippen LogP contribution in [0, 0.1) is 0 Å². The van der Waals surface area contributed by atoms with E-state index < -0.39 is 5.91 Å². The molecule has 1 saturated carbocycles. The highest BCUT2D eigenvalue weighted by Crippen LogP contribution is 2.35. The topological polar surface area (TPSA) is 116 Å². The zero-order chi connectivity index (χ0) is 32.8. The van der Waals surface area contributed by atoms with Gasteiger partial charge in [0.15, 0.2) is 11.5 Å². The van der Waals surface area contributed by atoms with Crippen molar-refractivity contribution in [2.75, 3.05) is 36.4 Å². The summed E-state index contributed by atoms with van der Waals surface area (Å²) in [4.78, 5) is 39.3. The Morgan fingerprint density at radius 3 is 2.38 bits per heavy atom. The number of carbonyl (C=O) groups is 2. The number of primary amides is 1. The number of carbonyl (C=O) groups excluding carboxylic acids is 2. The van der Waals surface area contributed by atoms with Crippen molar-refractivity contribution in [3.63, 3.8) is 0 Å². The van der Waals surface area contributed by atoms with Crippen LogP contribution in [-0.4, -0.2) is 64.9 Å². The Kier molecular flexibility index (Phi) is 10.1. The molecule has 3 aliphatic rings. The molecule has 47 heavy (non-hydrogen) atoms. The van der Waals surface area contributed by atoms with Gasteiger partial charge in [-0.05, 0) is 93.3 Å². The number of allylic oxidation sites excluding steroid dienone is 4. The molecule has 4 N–H and O–H groups in total. The number of nitrogens with zero attached hydrogens (tertiary/aromatic N) is 4. The zero-order valence-electron chi connectivity index (χ0n) is 27.2. The molecule has 244 valence electrons. The molecule has 0 bridgehead atoms. The summed E-state index contributed by atoms with van der Waals surface area (Å²) in [5.41, 5.74) is 10.6. The van der Waals surface area contributed by atoms with E-state index in [-0.39, 0.29) is 17.6 Å². The molecule has 2 aromatic carbocycles. The number of hydrogen-bond acceptors (Lipinski definition) is 7. The summed E-state index contributed by atoms with van der Waals surface area (Å²) in [5, 5.41) is 6.48. The number of hydrogen-bond donors (Lipinski definition) is 3. The van der Waals surface area contributed by atoms with Crippen LogP contribution in [-0.2, 0) is 4.79 Å². The number of nitrogens with two attached hydrogens (primary N) is 1. The standard InChI is InChI=1S/C38H45N7O2/c1-3-27(28-8-5-4-6-9-28)12-11-26(2)38(47)42-32-10-7-21-45(25-32)34-24-40-35(36(39)46)37(43-34)41-31-15-13-29(14-16-31)30-19-22-44(23-20-30)33-17-18-33/h3-6,8-9,11-16,24,30,32-33H,1,7,10,17-23,25H2,2H3,(H2,39,46)(H,41,43)(H,42,47)/b26-11+,27-12+/t32-/m1/s1. The lowest BCUT2D eigenvalue weighted by atomic mass is 9.89. The molecule has 9 heteroatoms. The summed E-state index contributed by atoms with van der Waals surface area (Å²) < 4.78 is 0. The van der Waals surface area contributed by atoms with Crippen LogP contribution in [0.15, 0.2) is 91.2 Å². The van der Waals surface area contributed by atoms with Crippen molar-refractivity contribution in [2.45, 2.75) is 63.5 Å². The number of likely N-dealkylation sites (tertiary alicyclic amines) is 1. The van der Waals surface area contributed by atoms with E-state index in [1.807, 2.05) is 61.5 Å². The largest absolute Gasteiger partial charge is 0.364 e. The minimum Gasteiger partial charge on any atom is -0.364 e. The number of rotatable bonds is 11. The second-order valence-electron chi connectivity index (χ2n) is 12.9. The molecule has 0 unspecified atom stereocenters. The van der Waals surface area contributed by atoms with Crippen molar-refractivity contribution in [1.29, 1.82) is 0 Å². The molecule has 3 heterocycles. The fourth-order valence-corrected chi connectivity index (χ4v) is 6.62. The maximum Gasteiger partial charge on any atom is 0.271 e. The molecule has 2 saturated heterocycles. The van der Waals surface area contributed by atoms with Gasteiger partial charge in [-0.15, -0.1) is 0 Å². The Morgan fingerprint density at radius 1 is 0.957 bits per heavy atom. The number of aromatic nitrogens is 2. The number of amides is 2. The summed E-state index contributed by atoms with van der Waals surface area (Å²) in [5.74, 6) is 0.778. The Morgan fingerprint density at radius 2 is 1.70 bits per heavy atom. The van der Waals surface area contributed by atoms with Crippen LogP contribution in [0.1, 0.15) is 73.0 Å². The van der Waals surface area contributed by atoms with E-state index in [0.717, 1.165) is 42.3 Å². The van der Waals surface area contributed by atoms with E-state index in [0.29, 0.717) is 29.7 Å². The van der Waals surface area contributed by atoms with Crippen LogP contribution < -0.4 is 21.3 Å². The fourth-order valence-electron chi connectivity index (χ4n) is 6.62. The lowest BCUT2D eigenvalue weighted by Gasteiger charge is -2.34. The van der Waals surface area contributed by atoms with Crippen molar-refractivity contribution in [1.82, 2.24) is 20.2 Å². The molecule has 3 aromatic rings. The minimum absolute atomic E-state index is 0.0608. The minimum atomic E-state index is -0.641. The SMILES string of the molecule is C=C/C(=C\C=C(/C)C(=O)N[C@@H]1CCCN(c2cnc(C(N)=O)c(Nc3ccc(C4CCN(C5CC5)CC4)cc3)n2)C1)c1ccccc1. The first-order valence-corrected chi connectivity index (χ1v) is 16.8. The number of benzene rings is 2. The number of piperidine rings is 2. The monoisotopic (exact) mass is 631 g/mol. The highest BCUT2D eigenvalue weighted by Gasteiger charge is 2.32. The van der Waals surface area contributed by atoms with Crippen LogP contribution in [0.3, 0.4) is 0 Å². The van der Waals surface area contributed by atoms with Gasteiger partial charge in [-0.1, -0.05) is 67.3 Å². The van der Waals surface area contributed by atoms with Crippen molar-refractivity contribution in [2.24, 2.45) is 5.73 Å². The maximum atomic E-state index is 13.1. The van der Waals surface area contributed by atoms with Gasteiger partial charge in [0.2, 0.25) is 5.91 Å². The van der Waals surface area contributed by atoms with Crippen molar-refractivity contribution in [3.8, 4) is 0 Å². The van der Waals surface area contributed by atoms with E-state index in [2.05, 4.69) is 44.1 Å². The van der Waals surface area contributed by atoms with Crippen molar-refractivity contribution >= 4 is 34.7 Å². The van der Waals surface area contributed by atoms with Gasteiger partial charge in [0.05, 0.1) is 6.20 Å². The summed E-state index contributed by atoms with van der Waals surface area (Å²) >= 11 is 0. The van der Waals surface area contributed by atoms with E-state index in [9.17, 15) is 9.59 Å². The lowest BCUT2D eigenvalue weighted by molar-refractivity contribution is -0.118. The summed E-state index contributed by atoms with van der Waals surface area (Å²) in [6.07, 6.45) is 14.0. The third kappa shape index (κ3) is 8.16. The van der Waals surface area contributed by atoms with Crippen LogP contribution in [0.2, 0.25) is 0 Å². The highest BCUT2D eigenvalue weighted by atomic mass is 16.2.